The lowest BCUT2D eigenvalue weighted by Gasteiger charge is -2.21. The smallest absolute Gasteiger partial charge is 0.326 e. The second kappa shape index (κ2) is 15.0. The minimum absolute atomic E-state index is 0.117. The zero-order valence-electron chi connectivity index (χ0n) is 17.0. The molecular formula is C17H28N4O9S. The van der Waals surface area contributed by atoms with E-state index in [1.54, 1.807) is 6.26 Å². The average molecular weight is 464 g/mol. The number of thioether (sulfide) groups is 1. The zero-order chi connectivity index (χ0) is 24.0. The van der Waals surface area contributed by atoms with Gasteiger partial charge in [-0.05, 0) is 31.3 Å². The minimum Gasteiger partial charge on any atom is -0.481 e. The van der Waals surface area contributed by atoms with Crippen molar-refractivity contribution < 1.29 is 44.1 Å². The van der Waals surface area contributed by atoms with Gasteiger partial charge in [-0.2, -0.15) is 11.8 Å². The highest BCUT2D eigenvalue weighted by Gasteiger charge is 2.27. The quantitative estimate of drug-likeness (QED) is 0.132. The first-order valence-electron chi connectivity index (χ1n) is 9.26. The van der Waals surface area contributed by atoms with E-state index in [4.69, 9.17) is 21.1 Å². The predicted octanol–water partition coefficient (Wildman–Crippen LogP) is -2.03. The summed E-state index contributed by atoms with van der Waals surface area (Å²) in [6, 6.07) is -3.67. The van der Waals surface area contributed by atoms with Gasteiger partial charge in [0.25, 0.3) is 0 Å². The molecule has 3 amide bonds. The van der Waals surface area contributed by atoms with Crippen LogP contribution in [0.15, 0.2) is 0 Å². The number of amides is 3. The summed E-state index contributed by atoms with van der Waals surface area (Å²) in [6.07, 6.45) is 0.703. The third kappa shape index (κ3) is 13.1. The first-order valence-corrected chi connectivity index (χ1v) is 10.7. The van der Waals surface area contributed by atoms with Crippen LogP contribution in [0.2, 0.25) is 0 Å². The molecule has 3 atom stereocenters. The summed E-state index contributed by atoms with van der Waals surface area (Å²) in [4.78, 5) is 68.7. The lowest BCUT2D eigenvalue weighted by atomic mass is 10.1. The summed E-state index contributed by atoms with van der Waals surface area (Å²) in [7, 11) is 0. The van der Waals surface area contributed by atoms with Crippen molar-refractivity contribution in [3.63, 3.8) is 0 Å². The first-order chi connectivity index (χ1) is 14.5. The van der Waals surface area contributed by atoms with Gasteiger partial charge in [-0.1, -0.05) is 0 Å². The van der Waals surface area contributed by atoms with E-state index in [1.165, 1.54) is 11.8 Å². The fourth-order valence-corrected chi connectivity index (χ4v) is 2.73. The minimum atomic E-state index is -1.44. The maximum absolute atomic E-state index is 12.4. The van der Waals surface area contributed by atoms with Crippen LogP contribution in [-0.4, -0.2) is 87.6 Å². The molecule has 14 heteroatoms. The highest BCUT2D eigenvalue weighted by Crippen LogP contribution is 2.04. The number of rotatable bonds is 16. The Morgan fingerprint density at radius 3 is 1.94 bits per heavy atom. The summed E-state index contributed by atoms with van der Waals surface area (Å²) >= 11 is 1.38. The van der Waals surface area contributed by atoms with Gasteiger partial charge >= 0.3 is 17.9 Å². The number of hydrogen-bond donors (Lipinski definition) is 7. The number of carboxylic acids is 3. The molecule has 8 N–H and O–H groups in total. The average Bonchev–Trinajstić information content (AvgIpc) is 2.69. The molecule has 0 aromatic carbocycles. The molecule has 0 aliphatic rings. The van der Waals surface area contributed by atoms with E-state index in [9.17, 15) is 28.8 Å². The number of carboxylic acid groups (broad SMARTS) is 3. The second-order valence-corrected chi connectivity index (χ2v) is 7.48. The van der Waals surface area contributed by atoms with Gasteiger partial charge in [0.1, 0.15) is 12.1 Å². The third-order valence-corrected chi connectivity index (χ3v) is 4.60. The van der Waals surface area contributed by atoms with E-state index in [-0.39, 0.29) is 25.7 Å². The summed E-state index contributed by atoms with van der Waals surface area (Å²) < 4.78 is 0. The van der Waals surface area contributed by atoms with Crippen LogP contribution in [0.4, 0.5) is 0 Å². The third-order valence-electron chi connectivity index (χ3n) is 3.95. The molecule has 0 aromatic heterocycles. The molecule has 0 radical (unpaired) electrons. The summed E-state index contributed by atoms with van der Waals surface area (Å²) in [5.74, 6) is -5.57. The Morgan fingerprint density at radius 2 is 1.42 bits per heavy atom. The van der Waals surface area contributed by atoms with Crippen molar-refractivity contribution in [1.82, 2.24) is 16.0 Å². The van der Waals surface area contributed by atoms with Gasteiger partial charge in [0, 0.05) is 12.8 Å². The molecule has 0 heterocycles. The first kappa shape index (κ1) is 28.1. The van der Waals surface area contributed by atoms with E-state index in [0.717, 1.165) is 0 Å². The lowest BCUT2D eigenvalue weighted by Crippen LogP contribution is -2.54. The number of hydrogen-bond acceptors (Lipinski definition) is 8. The van der Waals surface area contributed by atoms with Gasteiger partial charge in [0.05, 0.1) is 12.6 Å². The van der Waals surface area contributed by atoms with Gasteiger partial charge in [0.15, 0.2) is 0 Å². The molecular weight excluding hydrogens is 436 g/mol. The number of aliphatic carboxylic acids is 3. The zero-order valence-corrected chi connectivity index (χ0v) is 17.8. The van der Waals surface area contributed by atoms with Crippen LogP contribution in [0.3, 0.4) is 0 Å². The monoisotopic (exact) mass is 464 g/mol. The Bertz CT molecular complexity index is 674. The number of nitrogens with one attached hydrogen (secondary N) is 3. The number of nitrogens with two attached hydrogens (primary N) is 1. The molecule has 13 nitrogen and oxygen atoms in total. The Kier molecular flexibility index (Phi) is 13.6. The normalized spacial score (nSPS) is 13.4. The van der Waals surface area contributed by atoms with Crippen LogP contribution >= 0.6 is 11.8 Å². The SMILES string of the molecule is CSCC[C@H](NC(=O)CNC(=O)[C@@H](N)CCC(=O)O)C(=O)N[C@@H](CCC(=O)O)C(=O)O. The number of carbonyl (C=O) groups is 6. The van der Waals surface area contributed by atoms with Crippen molar-refractivity contribution in [2.45, 2.75) is 50.2 Å². The van der Waals surface area contributed by atoms with Gasteiger partial charge in [-0.3, -0.25) is 24.0 Å². The van der Waals surface area contributed by atoms with Crippen LogP contribution < -0.4 is 21.7 Å². The largest absolute Gasteiger partial charge is 0.481 e. The van der Waals surface area contributed by atoms with E-state index in [0.29, 0.717) is 5.75 Å². The van der Waals surface area contributed by atoms with E-state index >= 15 is 0 Å². The molecule has 0 spiro atoms. The predicted molar refractivity (Wildman–Crippen MR) is 109 cm³/mol. The maximum atomic E-state index is 12.4. The van der Waals surface area contributed by atoms with Crippen LogP contribution in [-0.2, 0) is 28.8 Å². The van der Waals surface area contributed by atoms with Crippen molar-refractivity contribution >= 4 is 47.4 Å². The Hall–Kier alpha value is -2.87. The van der Waals surface area contributed by atoms with Gasteiger partial charge in [0.2, 0.25) is 17.7 Å². The summed E-state index contributed by atoms with van der Waals surface area (Å²) in [5, 5.41) is 33.3. The molecule has 176 valence electrons. The molecule has 31 heavy (non-hydrogen) atoms. The van der Waals surface area contributed by atoms with Gasteiger partial charge in [-0.15, -0.1) is 0 Å². The molecule has 0 saturated heterocycles. The molecule has 0 saturated carbocycles. The maximum Gasteiger partial charge on any atom is 0.326 e. The summed E-state index contributed by atoms with van der Waals surface area (Å²) in [5.41, 5.74) is 5.53. The standard InChI is InChI=1S/C17H28N4O9S/c1-31-7-6-10(16(28)21-11(17(29)30)3-5-14(25)26)20-12(22)8-19-15(27)9(18)2-4-13(23)24/h9-11H,2-8,18H2,1H3,(H,19,27)(H,20,22)(H,21,28)(H,23,24)(H,25,26)(H,29,30)/t9-,10-,11-/m0/s1. The van der Waals surface area contributed by atoms with E-state index in [1.807, 2.05) is 0 Å². The van der Waals surface area contributed by atoms with Crippen molar-refractivity contribution in [2.24, 2.45) is 5.73 Å². The highest BCUT2D eigenvalue weighted by molar-refractivity contribution is 7.98. The van der Waals surface area contributed by atoms with Crippen LogP contribution in [0.5, 0.6) is 0 Å². The van der Waals surface area contributed by atoms with E-state index < -0.39 is 66.7 Å². The Labute approximate surface area is 182 Å². The molecule has 0 aromatic rings. The Balaban J connectivity index is 4.83. The van der Waals surface area contributed by atoms with Crippen molar-refractivity contribution in [3.05, 3.63) is 0 Å². The van der Waals surface area contributed by atoms with Crippen molar-refractivity contribution in [2.75, 3.05) is 18.6 Å². The highest BCUT2D eigenvalue weighted by atomic mass is 32.2. The molecule has 0 aliphatic heterocycles. The molecule has 0 unspecified atom stereocenters. The second-order valence-electron chi connectivity index (χ2n) is 6.49. The summed E-state index contributed by atoms with van der Waals surface area (Å²) in [6.45, 7) is -0.524. The van der Waals surface area contributed by atoms with Crippen molar-refractivity contribution in [1.29, 1.82) is 0 Å². The molecule has 0 aliphatic carbocycles. The van der Waals surface area contributed by atoms with Crippen LogP contribution in [0.25, 0.3) is 0 Å². The van der Waals surface area contributed by atoms with Crippen LogP contribution in [0.1, 0.15) is 32.1 Å². The van der Waals surface area contributed by atoms with Crippen LogP contribution in [0, 0.1) is 0 Å². The molecule has 0 rings (SSSR count). The van der Waals surface area contributed by atoms with E-state index in [2.05, 4.69) is 16.0 Å². The molecule has 0 fully saturated rings. The topological polar surface area (TPSA) is 225 Å². The fourth-order valence-electron chi connectivity index (χ4n) is 2.26. The number of carbonyl (C=O) groups excluding carboxylic acids is 3. The molecule has 0 bridgehead atoms. The van der Waals surface area contributed by atoms with Gasteiger partial charge in [-0.25, -0.2) is 4.79 Å². The van der Waals surface area contributed by atoms with Gasteiger partial charge < -0.3 is 37.0 Å². The Morgan fingerprint density at radius 1 is 0.839 bits per heavy atom. The fraction of sp³-hybridized carbons (Fsp3) is 0.647. The lowest BCUT2D eigenvalue weighted by molar-refractivity contribution is -0.143. The van der Waals surface area contributed by atoms with Crippen molar-refractivity contribution in [3.8, 4) is 0 Å².